The molecule has 66 valence electrons. The summed E-state index contributed by atoms with van der Waals surface area (Å²) in [6.07, 6.45) is 0. The number of nitrogens with two attached hydrogens (primary N) is 1. The molecule has 0 saturated carbocycles. The number of carbonyl (C=O) groups is 1. The Morgan fingerprint density at radius 1 is 1.73 bits per heavy atom. The van der Waals surface area contributed by atoms with Crippen LogP contribution in [0.15, 0.2) is 0 Å². The van der Waals surface area contributed by atoms with Crippen molar-refractivity contribution < 1.29 is 4.79 Å². The Balaban J connectivity index is 3.64. The van der Waals surface area contributed by atoms with Crippen molar-refractivity contribution in [3.8, 4) is 0 Å². The number of hydrogen-bond donors (Lipinski definition) is 2. The molecule has 0 aromatic rings. The first-order chi connectivity index (χ1) is 4.83. The Morgan fingerprint density at radius 2 is 2.18 bits per heavy atom. The number of hydrogen-bond acceptors (Lipinski definition) is 2. The van der Waals surface area contributed by atoms with Crippen LogP contribution in [0.25, 0.3) is 0 Å². The van der Waals surface area contributed by atoms with Gasteiger partial charge in [-0.15, -0.1) is 11.6 Å². The molecule has 11 heavy (non-hydrogen) atoms. The van der Waals surface area contributed by atoms with Crippen LogP contribution in [0.4, 0.5) is 0 Å². The third-order valence-corrected chi connectivity index (χ3v) is 1.28. The highest BCUT2D eigenvalue weighted by Crippen LogP contribution is 1.96. The van der Waals surface area contributed by atoms with Gasteiger partial charge in [0, 0.05) is 12.1 Å². The molecule has 1 unspecified atom stereocenters. The zero-order chi connectivity index (χ0) is 9.07. The van der Waals surface area contributed by atoms with Crippen LogP contribution in [0.5, 0.6) is 0 Å². The fraction of sp³-hybridized carbons (Fsp3) is 0.857. The van der Waals surface area contributed by atoms with Crippen LogP contribution in [-0.4, -0.2) is 23.4 Å². The minimum absolute atomic E-state index is 0.176. The number of alkyl halides is 1. The molecule has 1 atom stereocenters. The molecule has 0 aromatic heterocycles. The average molecular weight is 179 g/mol. The highest BCUT2D eigenvalue weighted by Gasteiger charge is 2.14. The van der Waals surface area contributed by atoms with Crippen molar-refractivity contribution in [3.05, 3.63) is 0 Å². The van der Waals surface area contributed by atoms with Crippen molar-refractivity contribution in [1.29, 1.82) is 0 Å². The predicted molar refractivity (Wildman–Crippen MR) is 46.6 cm³/mol. The highest BCUT2D eigenvalue weighted by atomic mass is 35.5. The van der Waals surface area contributed by atoms with Crippen LogP contribution in [0, 0.1) is 0 Å². The Hall–Kier alpha value is -0.280. The topological polar surface area (TPSA) is 55.1 Å². The van der Waals surface area contributed by atoms with E-state index in [1.807, 2.05) is 13.8 Å². The zero-order valence-corrected chi connectivity index (χ0v) is 7.90. The fourth-order valence-electron chi connectivity index (χ4n) is 0.456. The van der Waals surface area contributed by atoms with E-state index in [1.165, 1.54) is 0 Å². The van der Waals surface area contributed by atoms with Crippen LogP contribution in [-0.2, 0) is 4.79 Å². The minimum Gasteiger partial charge on any atom is -0.353 e. The molecule has 0 saturated heterocycles. The summed E-state index contributed by atoms with van der Waals surface area (Å²) in [5, 5.41) is 2.14. The molecular formula is C7H15ClN2O. The van der Waals surface area contributed by atoms with E-state index in [0.717, 1.165) is 0 Å². The molecule has 0 bridgehead atoms. The number of amides is 1. The van der Waals surface area contributed by atoms with Gasteiger partial charge < -0.3 is 11.1 Å². The second kappa shape index (κ2) is 3.93. The number of nitrogens with one attached hydrogen (secondary N) is 1. The molecule has 0 aliphatic carbocycles. The van der Waals surface area contributed by atoms with Gasteiger partial charge in [-0.05, 0) is 20.8 Å². The lowest BCUT2D eigenvalue weighted by atomic mass is 10.1. The minimum atomic E-state index is -0.489. The summed E-state index contributed by atoms with van der Waals surface area (Å²) >= 11 is 5.50. The summed E-state index contributed by atoms with van der Waals surface area (Å²) in [5.74, 6) is -0.176. The molecule has 3 nitrogen and oxygen atoms in total. The van der Waals surface area contributed by atoms with Crippen molar-refractivity contribution >= 4 is 17.5 Å². The lowest BCUT2D eigenvalue weighted by Crippen LogP contribution is -2.46. The average Bonchev–Trinajstić information content (AvgIpc) is 1.80. The van der Waals surface area contributed by atoms with E-state index in [0.29, 0.717) is 6.54 Å². The summed E-state index contributed by atoms with van der Waals surface area (Å²) in [6.45, 7) is 5.75. The molecule has 4 heteroatoms. The van der Waals surface area contributed by atoms with E-state index in [1.54, 1.807) is 6.92 Å². The molecule has 0 heterocycles. The Morgan fingerprint density at radius 3 is 2.45 bits per heavy atom. The summed E-state index contributed by atoms with van der Waals surface area (Å²) < 4.78 is 0. The fourth-order valence-corrected chi connectivity index (χ4v) is 0.533. The van der Waals surface area contributed by atoms with E-state index >= 15 is 0 Å². The first-order valence-electron chi connectivity index (χ1n) is 3.53. The van der Waals surface area contributed by atoms with Gasteiger partial charge in [0.15, 0.2) is 0 Å². The summed E-state index contributed by atoms with van der Waals surface area (Å²) in [4.78, 5) is 10.9. The SMILES string of the molecule is CC(Cl)C(=O)NCC(C)(C)N. The smallest absolute Gasteiger partial charge is 0.237 e. The molecule has 0 aromatic carbocycles. The van der Waals surface area contributed by atoms with Crippen molar-refractivity contribution in [1.82, 2.24) is 5.32 Å². The quantitative estimate of drug-likeness (QED) is 0.618. The summed E-state index contributed by atoms with van der Waals surface area (Å²) in [6, 6.07) is 0. The maximum Gasteiger partial charge on any atom is 0.237 e. The van der Waals surface area contributed by atoms with Gasteiger partial charge in [0.2, 0.25) is 5.91 Å². The van der Waals surface area contributed by atoms with Crippen molar-refractivity contribution in [2.24, 2.45) is 5.73 Å². The van der Waals surface area contributed by atoms with Gasteiger partial charge in [-0.3, -0.25) is 4.79 Å². The third-order valence-electron chi connectivity index (χ3n) is 1.08. The van der Waals surface area contributed by atoms with Gasteiger partial charge in [0.25, 0.3) is 0 Å². The Kier molecular flexibility index (Phi) is 3.83. The maximum atomic E-state index is 10.9. The largest absolute Gasteiger partial charge is 0.353 e. The van der Waals surface area contributed by atoms with E-state index in [4.69, 9.17) is 17.3 Å². The van der Waals surface area contributed by atoms with Crippen molar-refractivity contribution in [2.75, 3.05) is 6.54 Å². The maximum absolute atomic E-state index is 10.9. The van der Waals surface area contributed by atoms with Gasteiger partial charge in [-0.25, -0.2) is 0 Å². The standard InChI is InChI=1S/C7H15ClN2O/c1-5(8)6(11)10-4-7(2,3)9/h5H,4,9H2,1-3H3,(H,10,11). The van der Waals surface area contributed by atoms with Crippen molar-refractivity contribution in [2.45, 2.75) is 31.7 Å². The molecule has 0 radical (unpaired) electrons. The summed E-state index contributed by atoms with van der Waals surface area (Å²) in [5.41, 5.74) is 5.25. The molecule has 0 aliphatic rings. The van der Waals surface area contributed by atoms with Gasteiger partial charge in [-0.1, -0.05) is 0 Å². The zero-order valence-electron chi connectivity index (χ0n) is 7.15. The van der Waals surface area contributed by atoms with Crippen molar-refractivity contribution in [3.63, 3.8) is 0 Å². The van der Waals surface area contributed by atoms with Gasteiger partial charge in [-0.2, -0.15) is 0 Å². The Labute approximate surface area is 72.3 Å². The first-order valence-corrected chi connectivity index (χ1v) is 3.97. The Bertz CT molecular complexity index is 140. The van der Waals surface area contributed by atoms with Gasteiger partial charge in [0.1, 0.15) is 5.38 Å². The number of halogens is 1. The molecule has 0 aliphatic heterocycles. The second-order valence-electron chi connectivity index (χ2n) is 3.32. The molecule has 1 amide bonds. The number of rotatable bonds is 3. The normalized spacial score (nSPS) is 14.3. The van der Waals surface area contributed by atoms with Crippen LogP contribution in [0.1, 0.15) is 20.8 Å². The first kappa shape index (κ1) is 10.7. The van der Waals surface area contributed by atoms with E-state index in [2.05, 4.69) is 5.32 Å². The molecule has 0 spiro atoms. The van der Waals surface area contributed by atoms with Crippen LogP contribution >= 0.6 is 11.6 Å². The van der Waals surface area contributed by atoms with Gasteiger partial charge >= 0.3 is 0 Å². The lowest BCUT2D eigenvalue weighted by molar-refractivity contribution is -0.120. The molecule has 0 fully saturated rings. The monoisotopic (exact) mass is 178 g/mol. The highest BCUT2D eigenvalue weighted by molar-refractivity contribution is 6.30. The number of carbonyl (C=O) groups excluding carboxylic acids is 1. The van der Waals surface area contributed by atoms with Crippen LogP contribution in [0.3, 0.4) is 0 Å². The van der Waals surface area contributed by atoms with E-state index in [-0.39, 0.29) is 11.4 Å². The van der Waals surface area contributed by atoms with Crippen LogP contribution < -0.4 is 11.1 Å². The second-order valence-corrected chi connectivity index (χ2v) is 3.98. The van der Waals surface area contributed by atoms with E-state index in [9.17, 15) is 4.79 Å². The molecule has 0 rings (SSSR count). The van der Waals surface area contributed by atoms with E-state index < -0.39 is 5.38 Å². The lowest BCUT2D eigenvalue weighted by Gasteiger charge is -2.19. The molecular weight excluding hydrogens is 164 g/mol. The predicted octanol–water partition coefficient (Wildman–Crippen LogP) is 0.467. The van der Waals surface area contributed by atoms with Crippen LogP contribution in [0.2, 0.25) is 0 Å². The molecule has 3 N–H and O–H groups in total. The summed E-state index contributed by atoms with van der Waals surface area (Å²) in [7, 11) is 0. The third kappa shape index (κ3) is 6.13. The van der Waals surface area contributed by atoms with Gasteiger partial charge in [0.05, 0.1) is 0 Å².